The van der Waals surface area contributed by atoms with Crippen LogP contribution in [0.1, 0.15) is 31.5 Å². The van der Waals surface area contributed by atoms with Crippen LogP contribution in [-0.4, -0.2) is 14.8 Å². The molecular weight excluding hydrogens is 126 g/mol. The number of rotatable bonds is 2. The van der Waals surface area contributed by atoms with Crippen molar-refractivity contribution in [1.82, 2.24) is 14.8 Å². The van der Waals surface area contributed by atoms with Crippen LogP contribution in [0.3, 0.4) is 0 Å². The van der Waals surface area contributed by atoms with E-state index in [2.05, 4.69) is 21.7 Å². The summed E-state index contributed by atoms with van der Waals surface area (Å²) in [5, 5.41) is 7.93. The largest absolute Gasteiger partial charge is 0.318 e. The van der Waals surface area contributed by atoms with Crippen LogP contribution in [0.5, 0.6) is 0 Å². The Morgan fingerprint density at radius 3 is 3.10 bits per heavy atom. The zero-order chi connectivity index (χ0) is 6.97. The second-order valence-electron chi connectivity index (χ2n) is 2.75. The van der Waals surface area contributed by atoms with Gasteiger partial charge in [-0.05, 0) is 19.8 Å². The van der Waals surface area contributed by atoms with E-state index < -0.39 is 0 Å². The van der Waals surface area contributed by atoms with E-state index in [-0.39, 0.29) is 0 Å². The van der Waals surface area contributed by atoms with Crippen LogP contribution in [0.15, 0.2) is 6.33 Å². The average molecular weight is 137 g/mol. The van der Waals surface area contributed by atoms with Crippen molar-refractivity contribution >= 4 is 0 Å². The molecule has 3 heteroatoms. The van der Waals surface area contributed by atoms with E-state index in [0.29, 0.717) is 0 Å². The zero-order valence-electron chi connectivity index (χ0n) is 6.12. The molecule has 1 heterocycles. The third-order valence-electron chi connectivity index (χ3n) is 1.93. The zero-order valence-corrected chi connectivity index (χ0v) is 6.12. The van der Waals surface area contributed by atoms with Gasteiger partial charge in [0.2, 0.25) is 0 Å². The third kappa shape index (κ3) is 0.818. The fourth-order valence-electron chi connectivity index (χ4n) is 1.17. The molecule has 54 valence electrons. The van der Waals surface area contributed by atoms with Gasteiger partial charge in [-0.15, -0.1) is 10.2 Å². The maximum atomic E-state index is 4.06. The van der Waals surface area contributed by atoms with Crippen molar-refractivity contribution in [2.75, 3.05) is 0 Å². The molecule has 1 aliphatic carbocycles. The first-order valence-corrected chi connectivity index (χ1v) is 3.79. The lowest BCUT2D eigenvalue weighted by Crippen LogP contribution is -1.98. The summed E-state index contributed by atoms with van der Waals surface area (Å²) in [6.07, 6.45) is 4.42. The quantitative estimate of drug-likeness (QED) is 0.612. The first-order valence-electron chi connectivity index (χ1n) is 3.79. The van der Waals surface area contributed by atoms with Crippen LogP contribution in [-0.2, 0) is 6.54 Å². The first kappa shape index (κ1) is 5.89. The van der Waals surface area contributed by atoms with Gasteiger partial charge in [0.1, 0.15) is 12.2 Å². The maximum absolute atomic E-state index is 4.06. The van der Waals surface area contributed by atoms with Gasteiger partial charge in [0.05, 0.1) is 0 Å². The van der Waals surface area contributed by atoms with E-state index in [4.69, 9.17) is 0 Å². The lowest BCUT2D eigenvalue weighted by molar-refractivity contribution is 0.700. The Labute approximate surface area is 60.1 Å². The van der Waals surface area contributed by atoms with E-state index in [0.717, 1.165) is 12.5 Å². The van der Waals surface area contributed by atoms with Crippen molar-refractivity contribution in [3.05, 3.63) is 12.2 Å². The lowest BCUT2D eigenvalue weighted by atomic mass is 10.4. The summed E-state index contributed by atoms with van der Waals surface area (Å²) >= 11 is 0. The van der Waals surface area contributed by atoms with Crippen LogP contribution >= 0.6 is 0 Å². The molecule has 0 amide bonds. The van der Waals surface area contributed by atoms with E-state index in [1.165, 1.54) is 18.7 Å². The number of nitrogens with zero attached hydrogens (tertiary/aromatic N) is 3. The van der Waals surface area contributed by atoms with Crippen molar-refractivity contribution in [3.63, 3.8) is 0 Å². The molecule has 0 bridgehead atoms. The molecule has 1 fully saturated rings. The molecule has 0 unspecified atom stereocenters. The van der Waals surface area contributed by atoms with Crippen molar-refractivity contribution in [1.29, 1.82) is 0 Å². The van der Waals surface area contributed by atoms with E-state index in [9.17, 15) is 0 Å². The lowest BCUT2D eigenvalue weighted by Gasteiger charge is -1.98. The van der Waals surface area contributed by atoms with E-state index >= 15 is 0 Å². The Balaban J connectivity index is 2.28. The summed E-state index contributed by atoms with van der Waals surface area (Å²) in [6.45, 7) is 3.12. The van der Waals surface area contributed by atoms with Gasteiger partial charge in [0.25, 0.3) is 0 Å². The highest BCUT2D eigenvalue weighted by atomic mass is 15.3. The number of aromatic nitrogens is 3. The Morgan fingerprint density at radius 1 is 1.70 bits per heavy atom. The molecule has 1 aliphatic rings. The molecule has 1 aromatic rings. The first-order chi connectivity index (χ1) is 4.92. The van der Waals surface area contributed by atoms with Gasteiger partial charge in [-0.25, -0.2) is 0 Å². The van der Waals surface area contributed by atoms with Gasteiger partial charge >= 0.3 is 0 Å². The van der Waals surface area contributed by atoms with Crippen molar-refractivity contribution in [2.45, 2.75) is 32.2 Å². The van der Waals surface area contributed by atoms with Crippen LogP contribution in [0.2, 0.25) is 0 Å². The smallest absolute Gasteiger partial charge is 0.135 e. The minimum atomic E-state index is 0.724. The highest BCUT2D eigenvalue weighted by Gasteiger charge is 2.27. The molecule has 0 aromatic carbocycles. The fraction of sp³-hybridized carbons (Fsp3) is 0.714. The molecule has 0 saturated heterocycles. The fourth-order valence-corrected chi connectivity index (χ4v) is 1.17. The molecule has 0 radical (unpaired) electrons. The molecule has 1 saturated carbocycles. The van der Waals surface area contributed by atoms with Crippen molar-refractivity contribution < 1.29 is 0 Å². The SMILES string of the molecule is CCn1cnnc1C1CC1. The standard InChI is InChI=1S/C7H11N3/c1-2-10-5-8-9-7(10)6-3-4-6/h5-6H,2-4H2,1H3. The molecule has 3 nitrogen and oxygen atoms in total. The molecular formula is C7H11N3. The van der Waals surface area contributed by atoms with E-state index in [1.807, 2.05) is 6.33 Å². The van der Waals surface area contributed by atoms with Gasteiger partial charge in [0.15, 0.2) is 0 Å². The Bertz CT molecular complexity index is 225. The van der Waals surface area contributed by atoms with Crippen molar-refractivity contribution in [3.8, 4) is 0 Å². The Morgan fingerprint density at radius 2 is 2.50 bits per heavy atom. The summed E-state index contributed by atoms with van der Waals surface area (Å²) in [5.41, 5.74) is 0. The van der Waals surface area contributed by atoms with Crippen molar-refractivity contribution in [2.24, 2.45) is 0 Å². The van der Waals surface area contributed by atoms with Gasteiger partial charge in [-0.1, -0.05) is 0 Å². The summed E-state index contributed by atoms with van der Waals surface area (Å²) in [7, 11) is 0. The molecule has 1 aromatic heterocycles. The highest BCUT2D eigenvalue weighted by Crippen LogP contribution is 2.38. The Kier molecular flexibility index (Phi) is 1.22. The third-order valence-corrected chi connectivity index (χ3v) is 1.93. The van der Waals surface area contributed by atoms with Crippen LogP contribution < -0.4 is 0 Å². The molecule has 0 atom stereocenters. The second-order valence-corrected chi connectivity index (χ2v) is 2.75. The summed E-state index contributed by atoms with van der Waals surface area (Å²) in [4.78, 5) is 0. The molecule has 10 heavy (non-hydrogen) atoms. The van der Waals surface area contributed by atoms with Gasteiger partial charge in [-0.3, -0.25) is 0 Å². The average Bonchev–Trinajstić information content (AvgIpc) is 2.69. The molecule has 2 rings (SSSR count). The molecule has 0 aliphatic heterocycles. The predicted molar refractivity (Wildman–Crippen MR) is 37.7 cm³/mol. The summed E-state index contributed by atoms with van der Waals surface area (Å²) in [6, 6.07) is 0. The van der Waals surface area contributed by atoms with Crippen LogP contribution in [0, 0.1) is 0 Å². The van der Waals surface area contributed by atoms with Crippen LogP contribution in [0.25, 0.3) is 0 Å². The van der Waals surface area contributed by atoms with Gasteiger partial charge in [-0.2, -0.15) is 0 Å². The minimum absolute atomic E-state index is 0.724. The van der Waals surface area contributed by atoms with Crippen LogP contribution in [0.4, 0.5) is 0 Å². The number of aryl methyl sites for hydroxylation is 1. The normalized spacial score (nSPS) is 17.7. The summed E-state index contributed by atoms with van der Waals surface area (Å²) < 4.78 is 2.12. The molecule has 0 N–H and O–H groups in total. The van der Waals surface area contributed by atoms with Gasteiger partial charge in [0, 0.05) is 12.5 Å². The number of hydrogen-bond acceptors (Lipinski definition) is 2. The Hall–Kier alpha value is -0.860. The highest BCUT2D eigenvalue weighted by molar-refractivity contribution is 5.04. The monoisotopic (exact) mass is 137 g/mol. The maximum Gasteiger partial charge on any atom is 0.135 e. The predicted octanol–water partition coefficient (Wildman–Crippen LogP) is 1.18. The van der Waals surface area contributed by atoms with Gasteiger partial charge < -0.3 is 4.57 Å². The van der Waals surface area contributed by atoms with E-state index in [1.54, 1.807) is 0 Å². The minimum Gasteiger partial charge on any atom is -0.318 e. The number of hydrogen-bond donors (Lipinski definition) is 0. The second kappa shape index (κ2) is 2.08. The summed E-state index contributed by atoms with van der Waals surface area (Å²) in [5.74, 6) is 1.91. The topological polar surface area (TPSA) is 30.7 Å². The molecule has 0 spiro atoms.